The fourth-order valence-corrected chi connectivity index (χ4v) is 1.09. The number of terminal acetylenes is 1. The summed E-state index contributed by atoms with van der Waals surface area (Å²) in [5.74, 6) is 2.52. The van der Waals surface area contributed by atoms with E-state index in [0.717, 1.165) is 4.47 Å². The average Bonchev–Trinajstić information content (AvgIpc) is 2.04. The van der Waals surface area contributed by atoms with Crippen molar-refractivity contribution >= 4 is 27.7 Å². The molecule has 1 N–H and O–H groups in total. The summed E-state index contributed by atoms with van der Waals surface area (Å²) in [5, 5.41) is 2.56. The van der Waals surface area contributed by atoms with E-state index in [4.69, 9.17) is 6.42 Å². The number of amides is 1. The average molecular weight is 239 g/mol. The monoisotopic (exact) mass is 238 g/mol. The molecule has 0 aliphatic rings. The molecule has 0 aliphatic carbocycles. The van der Waals surface area contributed by atoms with Crippen molar-refractivity contribution in [2.45, 2.75) is 6.42 Å². The number of aromatic nitrogens is 1. The first-order valence-corrected chi connectivity index (χ1v) is 4.36. The summed E-state index contributed by atoms with van der Waals surface area (Å²) in [7, 11) is 0. The Hall–Kier alpha value is -1.34. The lowest BCUT2D eigenvalue weighted by Crippen LogP contribution is -2.11. The summed E-state index contributed by atoms with van der Waals surface area (Å²) < 4.78 is 0.860. The second-order valence-electron chi connectivity index (χ2n) is 2.29. The van der Waals surface area contributed by atoms with E-state index in [2.05, 4.69) is 32.2 Å². The van der Waals surface area contributed by atoms with Crippen molar-refractivity contribution in [2.75, 3.05) is 5.32 Å². The van der Waals surface area contributed by atoms with Gasteiger partial charge in [0, 0.05) is 10.7 Å². The molecule has 0 spiro atoms. The molecule has 0 aliphatic heterocycles. The fraction of sp³-hybridized carbons (Fsp3) is 0.111. The maximum Gasteiger partial charge on any atom is 0.237 e. The fourth-order valence-electron chi connectivity index (χ4n) is 0.753. The van der Waals surface area contributed by atoms with E-state index in [9.17, 15) is 4.79 Å². The molecule has 4 heteroatoms. The first kappa shape index (κ1) is 9.75. The van der Waals surface area contributed by atoms with Crippen molar-refractivity contribution in [3.63, 3.8) is 0 Å². The summed E-state index contributed by atoms with van der Waals surface area (Å²) in [4.78, 5) is 14.9. The zero-order valence-electron chi connectivity index (χ0n) is 6.75. The predicted octanol–water partition coefficient (Wildman–Crippen LogP) is 1.81. The number of pyridine rings is 1. The highest BCUT2D eigenvalue weighted by atomic mass is 79.9. The summed E-state index contributed by atoms with van der Waals surface area (Å²) in [6.07, 6.45) is 6.63. The van der Waals surface area contributed by atoms with Gasteiger partial charge >= 0.3 is 0 Å². The second kappa shape index (κ2) is 4.63. The Morgan fingerprint density at radius 1 is 1.77 bits per heavy atom. The van der Waals surface area contributed by atoms with E-state index in [1.165, 1.54) is 0 Å². The highest BCUT2D eigenvalue weighted by Gasteiger charge is 2.00. The maximum atomic E-state index is 11.0. The molecule has 1 aromatic heterocycles. The molecule has 0 aromatic carbocycles. The summed E-state index contributed by atoms with van der Waals surface area (Å²) >= 11 is 3.26. The van der Waals surface area contributed by atoms with E-state index < -0.39 is 0 Å². The Balaban J connectivity index is 2.65. The number of carbonyl (C=O) groups excluding carboxylic acids is 1. The molecule has 0 bridgehead atoms. The third-order valence-electron chi connectivity index (χ3n) is 1.25. The lowest BCUT2D eigenvalue weighted by molar-refractivity contribution is -0.115. The van der Waals surface area contributed by atoms with Crippen LogP contribution in [0.25, 0.3) is 0 Å². The molecule has 0 unspecified atom stereocenters. The Kier molecular flexibility index (Phi) is 3.47. The largest absolute Gasteiger partial charge is 0.310 e. The van der Waals surface area contributed by atoms with Crippen LogP contribution >= 0.6 is 15.9 Å². The van der Waals surface area contributed by atoms with Crippen LogP contribution in [-0.2, 0) is 4.79 Å². The van der Waals surface area contributed by atoms with Crippen LogP contribution in [0.2, 0.25) is 0 Å². The van der Waals surface area contributed by atoms with Crippen LogP contribution in [0.1, 0.15) is 6.42 Å². The lowest BCUT2D eigenvalue weighted by atomic mass is 10.4. The molecule has 1 aromatic rings. The van der Waals surface area contributed by atoms with Gasteiger partial charge in [-0.15, -0.1) is 6.42 Å². The van der Waals surface area contributed by atoms with Crippen LogP contribution in [0.3, 0.4) is 0 Å². The van der Waals surface area contributed by atoms with E-state index >= 15 is 0 Å². The maximum absolute atomic E-state index is 11.0. The summed E-state index contributed by atoms with van der Waals surface area (Å²) in [5.41, 5.74) is 0. The molecule has 66 valence electrons. The Morgan fingerprint density at radius 2 is 2.54 bits per heavy atom. The third-order valence-corrected chi connectivity index (χ3v) is 1.75. The van der Waals surface area contributed by atoms with Gasteiger partial charge in [-0.1, -0.05) is 21.9 Å². The molecule has 0 radical (unpaired) electrons. The first-order chi connectivity index (χ1) is 6.22. The van der Waals surface area contributed by atoms with E-state index in [1.54, 1.807) is 18.3 Å². The van der Waals surface area contributed by atoms with Gasteiger partial charge in [-0.3, -0.25) is 4.79 Å². The van der Waals surface area contributed by atoms with Crippen LogP contribution in [0.15, 0.2) is 22.8 Å². The zero-order valence-corrected chi connectivity index (χ0v) is 8.34. The SMILES string of the molecule is C#CCC(=O)Nc1cc(Br)ccn1. The minimum absolute atomic E-state index is 0.0637. The molecular formula is C9H7BrN2O. The van der Waals surface area contributed by atoms with Crippen molar-refractivity contribution in [3.8, 4) is 12.3 Å². The van der Waals surface area contributed by atoms with Crippen LogP contribution in [-0.4, -0.2) is 10.9 Å². The van der Waals surface area contributed by atoms with Crippen LogP contribution in [0.5, 0.6) is 0 Å². The quantitative estimate of drug-likeness (QED) is 0.799. The minimum Gasteiger partial charge on any atom is -0.310 e. The second-order valence-corrected chi connectivity index (χ2v) is 3.20. The molecule has 3 nitrogen and oxygen atoms in total. The van der Waals surface area contributed by atoms with Crippen molar-refractivity contribution < 1.29 is 4.79 Å². The summed E-state index contributed by atoms with van der Waals surface area (Å²) in [6, 6.07) is 3.48. The van der Waals surface area contributed by atoms with Gasteiger partial charge in [0.15, 0.2) is 0 Å². The molecule has 13 heavy (non-hydrogen) atoms. The number of halogens is 1. The van der Waals surface area contributed by atoms with Crippen LogP contribution in [0, 0.1) is 12.3 Å². The van der Waals surface area contributed by atoms with Gasteiger partial charge in [-0.05, 0) is 12.1 Å². The number of nitrogens with one attached hydrogen (secondary N) is 1. The Labute approximate surface area is 84.7 Å². The third kappa shape index (κ3) is 3.26. The Bertz CT molecular complexity index is 357. The number of carbonyl (C=O) groups is 1. The minimum atomic E-state index is -0.229. The molecule has 0 saturated carbocycles. The number of hydrogen-bond acceptors (Lipinski definition) is 2. The van der Waals surface area contributed by atoms with Crippen molar-refractivity contribution in [3.05, 3.63) is 22.8 Å². The molecular weight excluding hydrogens is 232 g/mol. The molecule has 1 rings (SSSR count). The van der Waals surface area contributed by atoms with Gasteiger partial charge in [-0.2, -0.15) is 0 Å². The van der Waals surface area contributed by atoms with Gasteiger partial charge in [0.25, 0.3) is 0 Å². The summed E-state index contributed by atoms with van der Waals surface area (Å²) in [6.45, 7) is 0. The molecule has 0 atom stereocenters. The lowest BCUT2D eigenvalue weighted by Gasteiger charge is -2.01. The number of nitrogens with zero attached hydrogens (tertiary/aromatic N) is 1. The smallest absolute Gasteiger partial charge is 0.237 e. The molecule has 0 saturated heterocycles. The van der Waals surface area contributed by atoms with Crippen molar-refractivity contribution in [1.82, 2.24) is 4.98 Å². The molecule has 1 amide bonds. The van der Waals surface area contributed by atoms with E-state index in [-0.39, 0.29) is 12.3 Å². The number of hydrogen-bond donors (Lipinski definition) is 1. The predicted molar refractivity (Wildman–Crippen MR) is 54.0 cm³/mol. The zero-order chi connectivity index (χ0) is 9.68. The number of anilines is 1. The van der Waals surface area contributed by atoms with Crippen LogP contribution in [0.4, 0.5) is 5.82 Å². The highest BCUT2D eigenvalue weighted by Crippen LogP contribution is 2.12. The molecule has 0 fully saturated rings. The van der Waals surface area contributed by atoms with Crippen molar-refractivity contribution in [2.24, 2.45) is 0 Å². The van der Waals surface area contributed by atoms with E-state index in [1.807, 2.05) is 0 Å². The topological polar surface area (TPSA) is 42.0 Å². The molecule has 1 heterocycles. The normalized spacial score (nSPS) is 8.92. The van der Waals surface area contributed by atoms with Crippen LogP contribution < -0.4 is 5.32 Å². The van der Waals surface area contributed by atoms with Gasteiger partial charge < -0.3 is 5.32 Å². The van der Waals surface area contributed by atoms with E-state index in [0.29, 0.717) is 5.82 Å². The Morgan fingerprint density at radius 3 is 3.15 bits per heavy atom. The van der Waals surface area contributed by atoms with Gasteiger partial charge in [0.1, 0.15) is 5.82 Å². The number of rotatable bonds is 2. The van der Waals surface area contributed by atoms with Gasteiger partial charge in [0.05, 0.1) is 6.42 Å². The van der Waals surface area contributed by atoms with Crippen molar-refractivity contribution in [1.29, 1.82) is 0 Å². The van der Waals surface area contributed by atoms with Gasteiger partial charge in [0.2, 0.25) is 5.91 Å². The highest BCUT2D eigenvalue weighted by molar-refractivity contribution is 9.10. The van der Waals surface area contributed by atoms with Gasteiger partial charge in [-0.25, -0.2) is 4.98 Å². The standard InChI is InChI=1S/C9H7BrN2O/c1-2-3-9(13)12-8-6-7(10)4-5-11-8/h1,4-6H,3H2,(H,11,12,13). The first-order valence-electron chi connectivity index (χ1n) is 3.57.